The number of carbonyl (C=O) groups is 2. The minimum Gasteiger partial charge on any atom is -0.332 e. The number of amides is 3. The molecule has 4 fully saturated rings. The molecule has 1 heterocycles. The average Bonchev–Trinajstić information content (AvgIpc) is 3.13. The molecule has 6 rings (SSSR count). The Morgan fingerprint density at radius 3 is 2.47 bits per heavy atom. The number of hydrogen-bond acceptors (Lipinski definition) is 5. The summed E-state index contributed by atoms with van der Waals surface area (Å²) in [5.74, 6) is 2.03. The van der Waals surface area contributed by atoms with Gasteiger partial charge < -0.3 is 5.32 Å². The Labute approximate surface area is 180 Å². The van der Waals surface area contributed by atoms with Crippen molar-refractivity contribution in [1.29, 1.82) is 0 Å². The second kappa shape index (κ2) is 7.72. The van der Waals surface area contributed by atoms with Crippen molar-refractivity contribution in [3.8, 4) is 5.69 Å². The Balaban J connectivity index is 1.16. The van der Waals surface area contributed by atoms with Gasteiger partial charge in [-0.05, 0) is 74.8 Å². The normalized spacial score (nSPS) is 29.0. The molecule has 0 unspecified atom stereocenters. The van der Waals surface area contributed by atoms with Crippen molar-refractivity contribution in [3.63, 3.8) is 0 Å². The fraction of sp³-hybridized carbons (Fsp3) is 0.545. The van der Waals surface area contributed by atoms with Gasteiger partial charge in [-0.1, -0.05) is 30.0 Å². The Bertz CT molecular complexity index is 937. The highest BCUT2D eigenvalue weighted by Gasteiger charge is 2.51. The van der Waals surface area contributed by atoms with Crippen molar-refractivity contribution in [2.75, 3.05) is 5.75 Å². The molecule has 1 aromatic carbocycles. The lowest BCUT2D eigenvalue weighted by molar-refractivity contribution is -0.117. The van der Waals surface area contributed by atoms with Crippen LogP contribution in [0.3, 0.4) is 0 Å². The molecule has 4 bridgehead atoms. The first kappa shape index (κ1) is 19.6. The molecule has 3 amide bonds. The maximum atomic E-state index is 12.5. The smallest absolute Gasteiger partial charge is 0.321 e. The van der Waals surface area contributed by atoms with E-state index in [4.69, 9.17) is 0 Å². The van der Waals surface area contributed by atoms with Crippen molar-refractivity contribution < 1.29 is 9.59 Å². The molecular formula is C22H27N5O2S. The Kier molecular flexibility index (Phi) is 5.05. The molecule has 0 saturated heterocycles. The lowest BCUT2D eigenvalue weighted by Gasteiger charge is -2.56. The van der Waals surface area contributed by atoms with Crippen molar-refractivity contribution >= 4 is 23.7 Å². The topological polar surface area (TPSA) is 88.9 Å². The molecule has 4 aliphatic carbocycles. The molecule has 30 heavy (non-hydrogen) atoms. The Morgan fingerprint density at radius 1 is 1.13 bits per heavy atom. The summed E-state index contributed by atoms with van der Waals surface area (Å²) < 4.78 is 1.86. The summed E-state index contributed by atoms with van der Waals surface area (Å²) in [6.45, 7) is 2.02. The highest BCUT2D eigenvalue weighted by atomic mass is 32.2. The van der Waals surface area contributed by atoms with Crippen LogP contribution in [0.2, 0.25) is 0 Å². The molecule has 0 atom stereocenters. The molecule has 2 aromatic rings. The van der Waals surface area contributed by atoms with Gasteiger partial charge in [-0.2, -0.15) is 0 Å². The van der Waals surface area contributed by atoms with Crippen LogP contribution in [0.4, 0.5) is 4.79 Å². The molecule has 7 nitrogen and oxygen atoms in total. The van der Waals surface area contributed by atoms with E-state index < -0.39 is 0 Å². The molecule has 2 N–H and O–H groups in total. The first-order valence-corrected chi connectivity index (χ1v) is 11.7. The van der Waals surface area contributed by atoms with E-state index in [0.29, 0.717) is 5.16 Å². The Morgan fingerprint density at radius 2 is 1.80 bits per heavy atom. The number of aryl methyl sites for hydroxylation is 1. The number of thioether (sulfide) groups is 1. The van der Waals surface area contributed by atoms with Gasteiger partial charge in [-0.15, -0.1) is 10.2 Å². The van der Waals surface area contributed by atoms with Gasteiger partial charge >= 0.3 is 6.03 Å². The van der Waals surface area contributed by atoms with E-state index in [0.717, 1.165) is 48.3 Å². The van der Waals surface area contributed by atoms with E-state index in [9.17, 15) is 9.59 Å². The second-order valence-corrected chi connectivity index (χ2v) is 10.2. The quantitative estimate of drug-likeness (QED) is 0.716. The highest BCUT2D eigenvalue weighted by Crippen LogP contribution is 2.55. The summed E-state index contributed by atoms with van der Waals surface area (Å²) in [6.07, 6.45) is 8.79. The molecule has 0 aliphatic heterocycles. The largest absolute Gasteiger partial charge is 0.332 e. The van der Waals surface area contributed by atoms with E-state index in [1.165, 1.54) is 31.0 Å². The standard InChI is InChI=1S/C22H27N5O2S/c1-14-4-2-3-5-18(14)27-13-23-26-21(27)30-12-19(28)24-20(29)25-22-9-15-6-16(10-22)8-17(7-15)11-22/h2-5,13,15-17H,6-12H2,1H3,(H2,24,25,28,29). The molecule has 1 aromatic heterocycles. The van der Waals surface area contributed by atoms with Crippen LogP contribution in [0.15, 0.2) is 35.7 Å². The summed E-state index contributed by atoms with van der Waals surface area (Å²) in [4.78, 5) is 24.9. The second-order valence-electron chi connectivity index (χ2n) is 9.26. The monoisotopic (exact) mass is 425 g/mol. The van der Waals surface area contributed by atoms with Gasteiger partial charge in [-0.25, -0.2) is 4.79 Å². The zero-order chi connectivity index (χ0) is 20.7. The van der Waals surface area contributed by atoms with Crippen LogP contribution in [-0.4, -0.2) is 38.0 Å². The van der Waals surface area contributed by atoms with Crippen LogP contribution in [-0.2, 0) is 4.79 Å². The van der Waals surface area contributed by atoms with Crippen LogP contribution < -0.4 is 10.6 Å². The van der Waals surface area contributed by atoms with Gasteiger partial charge in [0.15, 0.2) is 5.16 Å². The minimum absolute atomic E-state index is 0.0999. The van der Waals surface area contributed by atoms with Crippen molar-refractivity contribution in [2.24, 2.45) is 17.8 Å². The fourth-order valence-electron chi connectivity index (χ4n) is 6.15. The zero-order valence-electron chi connectivity index (χ0n) is 17.1. The van der Waals surface area contributed by atoms with Crippen LogP contribution in [0.25, 0.3) is 5.69 Å². The number of imide groups is 1. The number of carbonyl (C=O) groups excluding carboxylic acids is 2. The number of hydrogen-bond donors (Lipinski definition) is 2. The van der Waals surface area contributed by atoms with Crippen LogP contribution >= 0.6 is 11.8 Å². The Hall–Kier alpha value is -2.35. The predicted octanol–water partition coefficient (Wildman–Crippen LogP) is 3.46. The third-order valence-electron chi connectivity index (χ3n) is 6.89. The maximum Gasteiger partial charge on any atom is 0.321 e. The fourth-order valence-corrected chi connectivity index (χ4v) is 6.87. The molecule has 0 radical (unpaired) electrons. The number of para-hydroxylation sites is 1. The average molecular weight is 426 g/mol. The molecule has 0 spiro atoms. The van der Waals surface area contributed by atoms with Crippen molar-refractivity contribution in [3.05, 3.63) is 36.2 Å². The summed E-state index contributed by atoms with van der Waals surface area (Å²) >= 11 is 1.27. The maximum absolute atomic E-state index is 12.5. The first-order chi connectivity index (χ1) is 14.5. The molecule has 8 heteroatoms. The van der Waals surface area contributed by atoms with E-state index in [1.54, 1.807) is 6.33 Å². The van der Waals surface area contributed by atoms with E-state index in [2.05, 4.69) is 20.8 Å². The van der Waals surface area contributed by atoms with Crippen LogP contribution in [0.5, 0.6) is 0 Å². The number of nitrogens with one attached hydrogen (secondary N) is 2. The van der Waals surface area contributed by atoms with Gasteiger partial charge in [0.1, 0.15) is 6.33 Å². The van der Waals surface area contributed by atoms with Gasteiger partial charge in [0.2, 0.25) is 5.91 Å². The van der Waals surface area contributed by atoms with Crippen molar-refractivity contribution in [1.82, 2.24) is 25.4 Å². The third-order valence-corrected chi connectivity index (χ3v) is 7.84. The summed E-state index contributed by atoms with van der Waals surface area (Å²) in [6, 6.07) is 7.58. The first-order valence-electron chi connectivity index (χ1n) is 10.7. The summed E-state index contributed by atoms with van der Waals surface area (Å²) in [5, 5.41) is 14.4. The summed E-state index contributed by atoms with van der Waals surface area (Å²) in [7, 11) is 0. The number of nitrogens with zero attached hydrogens (tertiary/aromatic N) is 3. The molecular weight excluding hydrogens is 398 g/mol. The lowest BCUT2D eigenvalue weighted by atomic mass is 9.53. The van der Waals surface area contributed by atoms with E-state index in [-0.39, 0.29) is 23.2 Å². The number of urea groups is 1. The van der Waals surface area contributed by atoms with Crippen LogP contribution in [0, 0.1) is 24.7 Å². The van der Waals surface area contributed by atoms with Gasteiger partial charge in [0, 0.05) is 5.54 Å². The van der Waals surface area contributed by atoms with Gasteiger partial charge in [0.05, 0.1) is 11.4 Å². The van der Waals surface area contributed by atoms with E-state index in [1.807, 2.05) is 35.8 Å². The summed E-state index contributed by atoms with van der Waals surface area (Å²) in [5.41, 5.74) is 1.97. The predicted molar refractivity (Wildman–Crippen MR) is 114 cm³/mol. The van der Waals surface area contributed by atoms with Crippen LogP contribution in [0.1, 0.15) is 44.1 Å². The molecule has 4 saturated carbocycles. The zero-order valence-corrected chi connectivity index (χ0v) is 18.0. The van der Waals surface area contributed by atoms with Gasteiger partial charge in [-0.3, -0.25) is 14.7 Å². The van der Waals surface area contributed by atoms with E-state index >= 15 is 0 Å². The number of benzene rings is 1. The number of rotatable bonds is 5. The molecule has 158 valence electrons. The van der Waals surface area contributed by atoms with Gasteiger partial charge in [0.25, 0.3) is 0 Å². The highest BCUT2D eigenvalue weighted by molar-refractivity contribution is 7.99. The number of aromatic nitrogens is 3. The molecule has 4 aliphatic rings. The van der Waals surface area contributed by atoms with Crippen molar-refractivity contribution in [2.45, 2.75) is 56.1 Å². The third kappa shape index (κ3) is 3.85. The minimum atomic E-state index is -0.358. The lowest BCUT2D eigenvalue weighted by Crippen LogP contribution is -2.61. The SMILES string of the molecule is Cc1ccccc1-n1cnnc1SCC(=O)NC(=O)NC12CC3CC(CC(C3)C1)C2.